The van der Waals surface area contributed by atoms with Gasteiger partial charge >= 0.3 is 16.2 Å². The summed E-state index contributed by atoms with van der Waals surface area (Å²) in [6.45, 7) is 3.41. The van der Waals surface area contributed by atoms with Crippen LogP contribution in [0.2, 0.25) is 5.02 Å². The monoisotopic (exact) mass is 306 g/mol. The standard InChI is InChI=1S/C11H15ClN2O4S/c1-7(2)14(3)19(17,18)13-10-6-8(12)4-5-9(10)11(15)16/h4-7,13H,1-3H3,(H,15,16). The van der Waals surface area contributed by atoms with Gasteiger partial charge in [0.2, 0.25) is 0 Å². The summed E-state index contributed by atoms with van der Waals surface area (Å²) in [5.74, 6) is -1.23. The molecular weight excluding hydrogens is 292 g/mol. The highest BCUT2D eigenvalue weighted by Crippen LogP contribution is 2.23. The molecule has 0 aromatic heterocycles. The van der Waals surface area contributed by atoms with Crippen LogP contribution in [0, 0.1) is 0 Å². The molecule has 0 aliphatic rings. The molecule has 0 unspecified atom stereocenters. The zero-order chi connectivity index (χ0) is 14.8. The molecule has 1 aromatic carbocycles. The first-order valence-corrected chi connectivity index (χ1v) is 7.25. The van der Waals surface area contributed by atoms with Gasteiger partial charge in [-0.05, 0) is 32.0 Å². The molecule has 0 saturated carbocycles. The fourth-order valence-corrected chi connectivity index (χ4v) is 2.59. The number of hydrogen-bond donors (Lipinski definition) is 2. The lowest BCUT2D eigenvalue weighted by Crippen LogP contribution is -2.37. The Kier molecular flexibility index (Phi) is 4.78. The lowest BCUT2D eigenvalue weighted by atomic mass is 10.2. The number of benzene rings is 1. The smallest absolute Gasteiger partial charge is 0.337 e. The Morgan fingerprint density at radius 2 is 2.00 bits per heavy atom. The van der Waals surface area contributed by atoms with E-state index in [-0.39, 0.29) is 22.3 Å². The molecule has 0 saturated heterocycles. The summed E-state index contributed by atoms with van der Waals surface area (Å²) in [4.78, 5) is 11.0. The van der Waals surface area contributed by atoms with Crippen molar-refractivity contribution in [3.8, 4) is 0 Å². The van der Waals surface area contributed by atoms with Crippen molar-refractivity contribution in [3.63, 3.8) is 0 Å². The number of nitrogens with one attached hydrogen (secondary N) is 1. The van der Waals surface area contributed by atoms with Crippen LogP contribution in [-0.2, 0) is 10.2 Å². The first-order chi connectivity index (χ1) is 8.65. The summed E-state index contributed by atoms with van der Waals surface area (Å²) in [5, 5.41) is 9.25. The van der Waals surface area contributed by atoms with Crippen LogP contribution >= 0.6 is 11.6 Å². The zero-order valence-corrected chi connectivity index (χ0v) is 12.3. The van der Waals surface area contributed by atoms with Gasteiger partial charge in [-0.15, -0.1) is 0 Å². The third-order valence-electron chi connectivity index (χ3n) is 2.56. The maximum atomic E-state index is 12.0. The van der Waals surface area contributed by atoms with Gasteiger partial charge < -0.3 is 5.11 Å². The van der Waals surface area contributed by atoms with Gasteiger partial charge in [-0.3, -0.25) is 4.72 Å². The van der Waals surface area contributed by atoms with Gasteiger partial charge in [0.05, 0.1) is 11.3 Å². The molecule has 0 fully saturated rings. The highest BCUT2D eigenvalue weighted by atomic mass is 35.5. The normalized spacial score (nSPS) is 11.9. The van der Waals surface area contributed by atoms with Crippen molar-refractivity contribution in [1.82, 2.24) is 4.31 Å². The molecule has 1 rings (SSSR count). The van der Waals surface area contributed by atoms with E-state index in [1.54, 1.807) is 13.8 Å². The van der Waals surface area contributed by atoms with E-state index in [1.807, 2.05) is 0 Å². The van der Waals surface area contributed by atoms with Crippen LogP contribution in [0.25, 0.3) is 0 Å². The maximum Gasteiger partial charge on any atom is 0.337 e. The van der Waals surface area contributed by atoms with Crippen molar-refractivity contribution in [2.45, 2.75) is 19.9 Å². The Bertz CT molecular complexity index is 586. The van der Waals surface area contributed by atoms with Crippen molar-refractivity contribution in [2.75, 3.05) is 11.8 Å². The minimum Gasteiger partial charge on any atom is -0.478 e. The fraction of sp³-hybridized carbons (Fsp3) is 0.364. The number of hydrogen-bond acceptors (Lipinski definition) is 3. The predicted molar refractivity (Wildman–Crippen MR) is 73.9 cm³/mol. The maximum absolute atomic E-state index is 12.0. The molecular formula is C11H15ClN2O4S. The number of carboxylic acid groups (broad SMARTS) is 1. The number of aromatic carboxylic acids is 1. The van der Waals surface area contributed by atoms with Crippen LogP contribution in [0.5, 0.6) is 0 Å². The Labute approximate surface area is 117 Å². The highest BCUT2D eigenvalue weighted by Gasteiger charge is 2.22. The van der Waals surface area contributed by atoms with E-state index in [4.69, 9.17) is 16.7 Å². The Balaban J connectivity index is 3.19. The third-order valence-corrected chi connectivity index (χ3v) is 4.45. The molecule has 106 valence electrons. The number of anilines is 1. The first kappa shape index (κ1) is 15.7. The quantitative estimate of drug-likeness (QED) is 0.871. The van der Waals surface area contributed by atoms with E-state index in [1.165, 1.54) is 25.2 Å². The summed E-state index contributed by atoms with van der Waals surface area (Å²) in [5.41, 5.74) is -0.224. The SMILES string of the molecule is CC(C)N(C)S(=O)(=O)Nc1cc(Cl)ccc1C(=O)O. The zero-order valence-electron chi connectivity index (χ0n) is 10.7. The predicted octanol–water partition coefficient (Wildman–Crippen LogP) is 2.04. The second kappa shape index (κ2) is 5.77. The van der Waals surface area contributed by atoms with E-state index in [2.05, 4.69) is 4.72 Å². The largest absolute Gasteiger partial charge is 0.478 e. The molecule has 0 heterocycles. The molecule has 0 aliphatic carbocycles. The van der Waals surface area contributed by atoms with Crippen molar-refractivity contribution in [3.05, 3.63) is 28.8 Å². The molecule has 0 spiro atoms. The number of carboxylic acids is 1. The van der Waals surface area contributed by atoms with Gasteiger partial charge in [-0.2, -0.15) is 12.7 Å². The van der Waals surface area contributed by atoms with Crippen LogP contribution in [0.3, 0.4) is 0 Å². The van der Waals surface area contributed by atoms with E-state index in [0.717, 1.165) is 4.31 Å². The minimum absolute atomic E-state index is 0.0625. The summed E-state index contributed by atoms with van der Waals surface area (Å²) in [6.07, 6.45) is 0. The third kappa shape index (κ3) is 3.82. The topological polar surface area (TPSA) is 86.7 Å². The molecule has 0 atom stereocenters. The summed E-state index contributed by atoms with van der Waals surface area (Å²) >= 11 is 5.75. The first-order valence-electron chi connectivity index (χ1n) is 5.43. The van der Waals surface area contributed by atoms with Crippen LogP contribution in [-0.4, -0.2) is 36.9 Å². The fourth-order valence-electron chi connectivity index (χ4n) is 1.28. The molecule has 8 heteroatoms. The Morgan fingerprint density at radius 1 is 1.42 bits per heavy atom. The lowest BCUT2D eigenvalue weighted by molar-refractivity contribution is 0.0698. The number of rotatable bonds is 5. The van der Waals surface area contributed by atoms with Crippen molar-refractivity contribution in [1.29, 1.82) is 0 Å². The highest BCUT2D eigenvalue weighted by molar-refractivity contribution is 7.90. The van der Waals surface area contributed by atoms with E-state index in [0.29, 0.717) is 0 Å². The molecule has 0 amide bonds. The van der Waals surface area contributed by atoms with Gasteiger partial charge in [-0.25, -0.2) is 4.79 Å². The minimum atomic E-state index is -3.82. The van der Waals surface area contributed by atoms with Gasteiger partial charge in [0.1, 0.15) is 0 Å². The summed E-state index contributed by atoms with van der Waals surface area (Å²) in [7, 11) is -2.42. The van der Waals surface area contributed by atoms with E-state index < -0.39 is 16.2 Å². The second-order valence-corrected chi connectivity index (χ2v) is 6.38. The van der Waals surface area contributed by atoms with E-state index >= 15 is 0 Å². The van der Waals surface area contributed by atoms with E-state index in [9.17, 15) is 13.2 Å². The molecule has 1 aromatic rings. The Hall–Kier alpha value is -1.31. The molecule has 0 radical (unpaired) electrons. The Morgan fingerprint density at radius 3 is 2.47 bits per heavy atom. The molecule has 0 bridgehead atoms. The second-order valence-electron chi connectivity index (χ2n) is 4.21. The molecule has 6 nitrogen and oxygen atoms in total. The van der Waals surface area contributed by atoms with Crippen molar-refractivity contribution < 1.29 is 18.3 Å². The molecule has 19 heavy (non-hydrogen) atoms. The van der Waals surface area contributed by atoms with Crippen LogP contribution in [0.15, 0.2) is 18.2 Å². The summed E-state index contributed by atoms with van der Waals surface area (Å²) < 4.78 is 27.3. The van der Waals surface area contributed by atoms with Crippen LogP contribution in [0.1, 0.15) is 24.2 Å². The van der Waals surface area contributed by atoms with Crippen LogP contribution < -0.4 is 4.72 Å². The lowest BCUT2D eigenvalue weighted by Gasteiger charge is -2.22. The molecule has 0 aliphatic heterocycles. The summed E-state index contributed by atoms with van der Waals surface area (Å²) in [6, 6.07) is 3.63. The van der Waals surface area contributed by atoms with Gasteiger partial charge in [-0.1, -0.05) is 11.6 Å². The van der Waals surface area contributed by atoms with Gasteiger partial charge in [0.15, 0.2) is 0 Å². The average molecular weight is 307 g/mol. The number of halogens is 1. The average Bonchev–Trinajstić information content (AvgIpc) is 2.26. The molecule has 2 N–H and O–H groups in total. The van der Waals surface area contributed by atoms with Gasteiger partial charge in [0, 0.05) is 18.1 Å². The van der Waals surface area contributed by atoms with Crippen LogP contribution in [0.4, 0.5) is 5.69 Å². The number of nitrogens with zero attached hydrogens (tertiary/aromatic N) is 1. The van der Waals surface area contributed by atoms with Crippen molar-refractivity contribution >= 4 is 33.5 Å². The van der Waals surface area contributed by atoms with Crippen molar-refractivity contribution in [2.24, 2.45) is 0 Å². The number of carbonyl (C=O) groups is 1. The van der Waals surface area contributed by atoms with Gasteiger partial charge in [0.25, 0.3) is 0 Å².